The van der Waals surface area contributed by atoms with E-state index in [1.54, 1.807) is 11.8 Å². The zero-order valence-corrected chi connectivity index (χ0v) is 10.2. The van der Waals surface area contributed by atoms with Crippen LogP contribution in [0.5, 0.6) is 0 Å². The Kier molecular flexibility index (Phi) is 3.88. The predicted molar refractivity (Wildman–Crippen MR) is 72.7 cm³/mol. The summed E-state index contributed by atoms with van der Waals surface area (Å²) in [6.07, 6.45) is 0.591. The van der Waals surface area contributed by atoms with Gasteiger partial charge in [-0.3, -0.25) is 0 Å². The van der Waals surface area contributed by atoms with Crippen LogP contribution in [0.2, 0.25) is 0 Å². The van der Waals surface area contributed by atoms with Gasteiger partial charge in [-0.1, -0.05) is 35.5 Å². The number of thioether (sulfide) groups is 1. The third-order valence-electron chi connectivity index (χ3n) is 2.48. The van der Waals surface area contributed by atoms with Crippen LogP contribution in [0, 0.1) is 0 Å². The predicted octanol–water partition coefficient (Wildman–Crippen LogP) is 3.07. The Morgan fingerprint density at radius 2 is 1.94 bits per heavy atom. The fourth-order valence-electron chi connectivity index (χ4n) is 1.58. The Labute approximate surface area is 104 Å². The van der Waals surface area contributed by atoms with Gasteiger partial charge in [0.2, 0.25) is 0 Å². The van der Waals surface area contributed by atoms with Crippen LogP contribution >= 0.6 is 11.8 Å². The molecule has 0 fully saturated rings. The molecule has 0 aliphatic carbocycles. The molecule has 0 saturated carbocycles. The van der Waals surface area contributed by atoms with E-state index in [0.29, 0.717) is 6.42 Å². The van der Waals surface area contributed by atoms with Crippen LogP contribution in [0.3, 0.4) is 0 Å². The molecule has 0 unspecified atom stereocenters. The van der Waals surface area contributed by atoms with E-state index in [0.717, 1.165) is 5.75 Å². The van der Waals surface area contributed by atoms with Crippen LogP contribution in [0.25, 0.3) is 10.8 Å². The lowest BCUT2D eigenvalue weighted by molar-refractivity contribution is 0.317. The molecule has 4 heteroatoms. The summed E-state index contributed by atoms with van der Waals surface area (Å²) in [5, 5.41) is 13.9. The third-order valence-corrected chi connectivity index (χ3v) is 3.47. The molecule has 0 aliphatic rings. The first kappa shape index (κ1) is 11.8. The van der Waals surface area contributed by atoms with Gasteiger partial charge in [-0.15, -0.1) is 11.8 Å². The normalized spacial score (nSPS) is 11.9. The van der Waals surface area contributed by atoms with Gasteiger partial charge in [-0.2, -0.15) is 0 Å². The van der Waals surface area contributed by atoms with Crippen molar-refractivity contribution < 1.29 is 5.21 Å². The van der Waals surface area contributed by atoms with Crippen molar-refractivity contribution in [3.63, 3.8) is 0 Å². The van der Waals surface area contributed by atoms with Crippen molar-refractivity contribution in [2.24, 2.45) is 10.9 Å². The van der Waals surface area contributed by atoms with Gasteiger partial charge in [-0.05, 0) is 22.9 Å². The van der Waals surface area contributed by atoms with E-state index in [2.05, 4.69) is 35.5 Å². The Hall–Kier alpha value is -1.68. The Bertz CT molecular complexity index is 540. The quantitative estimate of drug-likeness (QED) is 0.286. The molecule has 2 aromatic rings. The highest BCUT2D eigenvalue weighted by molar-refractivity contribution is 7.99. The van der Waals surface area contributed by atoms with Gasteiger partial charge in [0, 0.05) is 17.1 Å². The van der Waals surface area contributed by atoms with Crippen molar-refractivity contribution in [3.05, 3.63) is 42.5 Å². The van der Waals surface area contributed by atoms with Crippen molar-refractivity contribution in [3.8, 4) is 0 Å². The van der Waals surface area contributed by atoms with Crippen LogP contribution in [-0.4, -0.2) is 16.8 Å². The molecule has 3 nitrogen and oxygen atoms in total. The first-order valence-electron chi connectivity index (χ1n) is 5.37. The van der Waals surface area contributed by atoms with Gasteiger partial charge in [0.15, 0.2) is 0 Å². The second-order valence-electron chi connectivity index (χ2n) is 3.70. The number of rotatable bonds is 4. The Morgan fingerprint density at radius 3 is 2.71 bits per heavy atom. The summed E-state index contributed by atoms with van der Waals surface area (Å²) in [5.74, 6) is 1.09. The topological polar surface area (TPSA) is 58.6 Å². The average molecular weight is 246 g/mol. The average Bonchev–Trinajstić information content (AvgIpc) is 2.38. The number of benzene rings is 2. The van der Waals surface area contributed by atoms with Crippen LogP contribution < -0.4 is 5.73 Å². The molecule has 88 valence electrons. The SMILES string of the molecule is N/C(CCSc1ccc2ccccc2c1)=N\O. The monoisotopic (exact) mass is 246 g/mol. The highest BCUT2D eigenvalue weighted by Crippen LogP contribution is 2.23. The Morgan fingerprint density at radius 1 is 1.18 bits per heavy atom. The molecule has 0 amide bonds. The molecular formula is C13H14N2OS. The van der Waals surface area contributed by atoms with E-state index in [-0.39, 0.29) is 5.84 Å². The fourth-order valence-corrected chi connectivity index (χ4v) is 2.50. The van der Waals surface area contributed by atoms with Gasteiger partial charge in [0.05, 0.1) is 0 Å². The summed E-state index contributed by atoms with van der Waals surface area (Å²) < 4.78 is 0. The highest BCUT2D eigenvalue weighted by Gasteiger charge is 1.98. The minimum Gasteiger partial charge on any atom is -0.409 e. The van der Waals surface area contributed by atoms with Crippen LogP contribution in [0.4, 0.5) is 0 Å². The van der Waals surface area contributed by atoms with Gasteiger partial charge >= 0.3 is 0 Å². The van der Waals surface area contributed by atoms with Gasteiger partial charge < -0.3 is 10.9 Å². The number of fused-ring (bicyclic) bond motifs is 1. The fraction of sp³-hybridized carbons (Fsp3) is 0.154. The standard InChI is InChI=1S/C13H14N2OS/c14-13(15-16)7-8-17-12-6-5-10-3-1-2-4-11(10)9-12/h1-6,9,16H,7-8H2,(H2,14,15). The number of oxime groups is 1. The lowest BCUT2D eigenvalue weighted by atomic mass is 10.1. The van der Waals surface area contributed by atoms with E-state index in [1.807, 2.05) is 12.1 Å². The van der Waals surface area contributed by atoms with Crippen molar-refractivity contribution in [1.29, 1.82) is 0 Å². The highest BCUT2D eigenvalue weighted by atomic mass is 32.2. The number of hydrogen-bond acceptors (Lipinski definition) is 3. The zero-order chi connectivity index (χ0) is 12.1. The molecule has 0 saturated heterocycles. The van der Waals surface area contributed by atoms with Crippen molar-refractivity contribution >= 4 is 28.4 Å². The summed E-state index contributed by atoms with van der Waals surface area (Å²) in [6.45, 7) is 0. The maximum Gasteiger partial charge on any atom is 0.139 e. The molecule has 0 heterocycles. The second kappa shape index (κ2) is 5.59. The molecule has 2 aromatic carbocycles. The summed E-state index contributed by atoms with van der Waals surface area (Å²) in [7, 11) is 0. The molecule has 0 aromatic heterocycles. The molecule has 0 spiro atoms. The summed E-state index contributed by atoms with van der Waals surface area (Å²) in [5.41, 5.74) is 5.41. The molecule has 3 N–H and O–H groups in total. The third kappa shape index (κ3) is 3.14. The van der Waals surface area contributed by atoms with Crippen LogP contribution in [0.1, 0.15) is 6.42 Å². The van der Waals surface area contributed by atoms with Gasteiger partial charge in [0.25, 0.3) is 0 Å². The molecule has 0 bridgehead atoms. The molecular weight excluding hydrogens is 232 g/mol. The van der Waals surface area contributed by atoms with Crippen LogP contribution in [-0.2, 0) is 0 Å². The first-order valence-corrected chi connectivity index (χ1v) is 6.36. The van der Waals surface area contributed by atoms with Crippen LogP contribution in [0.15, 0.2) is 52.5 Å². The van der Waals surface area contributed by atoms with Gasteiger partial charge in [-0.25, -0.2) is 0 Å². The molecule has 0 atom stereocenters. The summed E-state index contributed by atoms with van der Waals surface area (Å²) in [4.78, 5) is 1.20. The Balaban J connectivity index is 2.04. The molecule has 2 rings (SSSR count). The lowest BCUT2D eigenvalue weighted by Crippen LogP contribution is -2.11. The second-order valence-corrected chi connectivity index (χ2v) is 4.87. The van der Waals surface area contributed by atoms with Crippen molar-refractivity contribution in [1.82, 2.24) is 0 Å². The van der Waals surface area contributed by atoms with Gasteiger partial charge in [0.1, 0.15) is 5.84 Å². The minimum atomic E-state index is 0.276. The molecule has 17 heavy (non-hydrogen) atoms. The lowest BCUT2D eigenvalue weighted by Gasteiger charge is -2.03. The van der Waals surface area contributed by atoms with E-state index in [9.17, 15) is 0 Å². The number of amidine groups is 1. The number of nitrogens with two attached hydrogens (primary N) is 1. The van der Waals surface area contributed by atoms with E-state index < -0.39 is 0 Å². The first-order chi connectivity index (χ1) is 8.29. The maximum atomic E-state index is 8.43. The minimum absolute atomic E-state index is 0.276. The van der Waals surface area contributed by atoms with E-state index in [4.69, 9.17) is 10.9 Å². The van der Waals surface area contributed by atoms with Crippen molar-refractivity contribution in [2.75, 3.05) is 5.75 Å². The van der Waals surface area contributed by atoms with E-state index >= 15 is 0 Å². The molecule has 0 aliphatic heterocycles. The zero-order valence-electron chi connectivity index (χ0n) is 9.34. The number of hydrogen-bond donors (Lipinski definition) is 2. The number of nitrogens with zero attached hydrogens (tertiary/aromatic N) is 1. The van der Waals surface area contributed by atoms with Crippen molar-refractivity contribution in [2.45, 2.75) is 11.3 Å². The van der Waals surface area contributed by atoms with E-state index in [1.165, 1.54) is 15.7 Å². The largest absolute Gasteiger partial charge is 0.409 e. The maximum absolute atomic E-state index is 8.43. The smallest absolute Gasteiger partial charge is 0.139 e. The molecule has 0 radical (unpaired) electrons. The summed E-state index contributed by atoms with van der Waals surface area (Å²) >= 11 is 1.71. The summed E-state index contributed by atoms with van der Waals surface area (Å²) in [6, 6.07) is 14.6.